The topological polar surface area (TPSA) is 59.7 Å². The van der Waals surface area contributed by atoms with Crippen LogP contribution in [0.5, 0.6) is 0 Å². The normalized spacial score (nSPS) is 13.9. The van der Waals surface area contributed by atoms with E-state index in [-0.39, 0.29) is 0 Å². The number of aromatic nitrogens is 5. The van der Waals surface area contributed by atoms with E-state index in [0.29, 0.717) is 6.54 Å². The van der Waals surface area contributed by atoms with E-state index < -0.39 is 0 Å². The van der Waals surface area contributed by atoms with Crippen molar-refractivity contribution in [2.24, 2.45) is 0 Å². The second-order valence-corrected chi connectivity index (χ2v) is 5.80. The molecule has 116 valence electrons. The molecular formula is C17H18N6. The van der Waals surface area contributed by atoms with Gasteiger partial charge in [0.05, 0.1) is 17.9 Å². The molecule has 0 N–H and O–H groups in total. The number of aryl methyl sites for hydroxylation is 2. The molecule has 0 saturated heterocycles. The summed E-state index contributed by atoms with van der Waals surface area (Å²) < 4.78 is 2.20. The summed E-state index contributed by atoms with van der Waals surface area (Å²) in [5.41, 5.74) is 2.99. The highest BCUT2D eigenvalue weighted by molar-refractivity contribution is 5.55. The molecule has 3 aromatic rings. The largest absolute Gasteiger partial charge is 0.346 e. The van der Waals surface area contributed by atoms with Gasteiger partial charge in [0.25, 0.3) is 0 Å². The minimum Gasteiger partial charge on any atom is -0.346 e. The zero-order valence-corrected chi connectivity index (χ0v) is 13.3. The van der Waals surface area contributed by atoms with Crippen LogP contribution in [-0.4, -0.2) is 31.3 Å². The van der Waals surface area contributed by atoms with E-state index >= 15 is 0 Å². The molecule has 0 amide bonds. The van der Waals surface area contributed by atoms with E-state index in [9.17, 15) is 0 Å². The van der Waals surface area contributed by atoms with Gasteiger partial charge < -0.3 is 9.47 Å². The molecule has 0 aliphatic carbocycles. The van der Waals surface area contributed by atoms with Crippen molar-refractivity contribution < 1.29 is 0 Å². The number of benzene rings is 1. The van der Waals surface area contributed by atoms with E-state index in [1.54, 1.807) is 6.20 Å². The second kappa shape index (κ2) is 5.46. The summed E-state index contributed by atoms with van der Waals surface area (Å²) in [5.74, 6) is 2.85. The minimum atomic E-state index is 0.707. The number of hydrogen-bond donors (Lipinski definition) is 0. The van der Waals surface area contributed by atoms with E-state index in [4.69, 9.17) is 0 Å². The molecule has 3 heterocycles. The molecule has 6 heteroatoms. The van der Waals surface area contributed by atoms with Crippen LogP contribution < -0.4 is 4.90 Å². The predicted molar refractivity (Wildman–Crippen MR) is 88.0 cm³/mol. The molecule has 0 spiro atoms. The van der Waals surface area contributed by atoms with Crippen LogP contribution in [0.4, 0.5) is 5.82 Å². The first-order valence-electron chi connectivity index (χ1n) is 7.75. The minimum absolute atomic E-state index is 0.707. The molecule has 0 bridgehead atoms. The summed E-state index contributed by atoms with van der Waals surface area (Å²) in [5, 5.41) is 8.77. The summed E-state index contributed by atoms with van der Waals surface area (Å²) in [6.45, 7) is 6.40. The molecule has 1 aliphatic heterocycles. The van der Waals surface area contributed by atoms with Crippen molar-refractivity contribution in [3.05, 3.63) is 53.7 Å². The Morgan fingerprint density at radius 2 is 1.83 bits per heavy atom. The Balaban J connectivity index is 1.66. The van der Waals surface area contributed by atoms with Gasteiger partial charge in [0.2, 0.25) is 0 Å². The van der Waals surface area contributed by atoms with E-state index in [1.807, 2.05) is 32.0 Å². The first kappa shape index (κ1) is 13.9. The third-order valence-corrected chi connectivity index (χ3v) is 4.14. The van der Waals surface area contributed by atoms with Gasteiger partial charge in [0.1, 0.15) is 0 Å². The summed E-state index contributed by atoms with van der Waals surface area (Å²) in [6.07, 6.45) is 1.80. The molecule has 1 aliphatic rings. The first-order chi connectivity index (χ1) is 11.2. The van der Waals surface area contributed by atoms with Crippen LogP contribution in [0.25, 0.3) is 11.4 Å². The molecule has 23 heavy (non-hydrogen) atoms. The third-order valence-electron chi connectivity index (χ3n) is 4.14. The van der Waals surface area contributed by atoms with Gasteiger partial charge in [-0.1, -0.05) is 30.3 Å². The lowest BCUT2D eigenvalue weighted by Gasteiger charge is -2.29. The molecule has 0 fully saturated rings. The van der Waals surface area contributed by atoms with Crippen LogP contribution in [0.15, 0.2) is 36.5 Å². The number of nitrogens with zero attached hydrogens (tertiary/aromatic N) is 6. The average Bonchev–Trinajstić information content (AvgIpc) is 3.01. The quantitative estimate of drug-likeness (QED) is 0.727. The number of hydrogen-bond acceptors (Lipinski definition) is 5. The van der Waals surface area contributed by atoms with Gasteiger partial charge in [-0.15, -0.1) is 10.2 Å². The molecule has 6 nitrogen and oxygen atoms in total. The zero-order valence-electron chi connectivity index (χ0n) is 13.3. The number of rotatable bonds is 2. The van der Waals surface area contributed by atoms with Gasteiger partial charge in [0.15, 0.2) is 17.5 Å². The predicted octanol–water partition coefficient (Wildman–Crippen LogP) is 2.37. The lowest BCUT2D eigenvalue weighted by Crippen LogP contribution is -2.35. The standard InChI is InChI=1S/C17H18N6/c1-12-10-18-13(2)16(19-12)22-8-9-23-15(11-22)20-21-17(23)14-6-4-3-5-7-14/h3-7,10H,8-9,11H2,1-2H3. The van der Waals surface area contributed by atoms with E-state index in [2.05, 4.69) is 41.8 Å². The molecule has 0 radical (unpaired) electrons. The molecule has 0 saturated carbocycles. The van der Waals surface area contributed by atoms with Gasteiger partial charge in [-0.3, -0.25) is 4.98 Å². The van der Waals surface area contributed by atoms with Gasteiger partial charge >= 0.3 is 0 Å². The maximum absolute atomic E-state index is 4.64. The van der Waals surface area contributed by atoms with E-state index in [1.165, 1.54) is 0 Å². The van der Waals surface area contributed by atoms with Gasteiger partial charge in [-0.2, -0.15) is 0 Å². The fourth-order valence-corrected chi connectivity index (χ4v) is 2.96. The smallest absolute Gasteiger partial charge is 0.164 e. The summed E-state index contributed by atoms with van der Waals surface area (Å²) in [7, 11) is 0. The molecule has 2 aromatic heterocycles. The Morgan fingerprint density at radius 1 is 1.00 bits per heavy atom. The Bertz CT molecular complexity index is 840. The lowest BCUT2D eigenvalue weighted by atomic mass is 10.2. The van der Waals surface area contributed by atoms with Crippen molar-refractivity contribution in [3.63, 3.8) is 0 Å². The highest BCUT2D eigenvalue weighted by Crippen LogP contribution is 2.25. The zero-order chi connectivity index (χ0) is 15.8. The highest BCUT2D eigenvalue weighted by atomic mass is 15.4. The van der Waals surface area contributed by atoms with Gasteiger partial charge in [-0.05, 0) is 13.8 Å². The number of anilines is 1. The maximum Gasteiger partial charge on any atom is 0.164 e. The Kier molecular flexibility index (Phi) is 3.29. The van der Waals surface area contributed by atoms with Crippen LogP contribution >= 0.6 is 0 Å². The fourth-order valence-electron chi connectivity index (χ4n) is 2.96. The highest BCUT2D eigenvalue weighted by Gasteiger charge is 2.23. The second-order valence-electron chi connectivity index (χ2n) is 5.80. The lowest BCUT2D eigenvalue weighted by molar-refractivity contribution is 0.557. The van der Waals surface area contributed by atoms with Gasteiger partial charge in [-0.25, -0.2) is 4.98 Å². The van der Waals surface area contributed by atoms with Crippen molar-refractivity contribution in [3.8, 4) is 11.4 Å². The van der Waals surface area contributed by atoms with Crippen LogP contribution in [0.3, 0.4) is 0 Å². The van der Waals surface area contributed by atoms with Crippen molar-refractivity contribution in [1.29, 1.82) is 0 Å². The SMILES string of the molecule is Cc1cnc(C)c(N2CCn3c(nnc3-c3ccccc3)C2)n1. The van der Waals surface area contributed by atoms with Crippen molar-refractivity contribution in [2.45, 2.75) is 26.9 Å². The third kappa shape index (κ3) is 2.46. The van der Waals surface area contributed by atoms with Crippen LogP contribution in [0, 0.1) is 13.8 Å². The van der Waals surface area contributed by atoms with Crippen molar-refractivity contribution in [1.82, 2.24) is 24.7 Å². The monoisotopic (exact) mass is 306 g/mol. The number of fused-ring (bicyclic) bond motifs is 1. The maximum atomic E-state index is 4.64. The van der Waals surface area contributed by atoms with Crippen molar-refractivity contribution >= 4 is 5.82 Å². The molecule has 4 rings (SSSR count). The molecule has 0 atom stereocenters. The van der Waals surface area contributed by atoms with Crippen LogP contribution in [-0.2, 0) is 13.1 Å². The Morgan fingerprint density at radius 3 is 2.65 bits per heavy atom. The van der Waals surface area contributed by atoms with Crippen LogP contribution in [0.1, 0.15) is 17.2 Å². The van der Waals surface area contributed by atoms with Gasteiger partial charge in [0, 0.05) is 24.8 Å². The fraction of sp³-hybridized carbons (Fsp3) is 0.294. The van der Waals surface area contributed by atoms with E-state index in [0.717, 1.165) is 47.5 Å². The Hall–Kier alpha value is -2.76. The molecule has 1 aromatic carbocycles. The summed E-state index contributed by atoms with van der Waals surface area (Å²) in [6, 6.07) is 10.2. The molecular weight excluding hydrogens is 288 g/mol. The first-order valence-corrected chi connectivity index (χ1v) is 7.75. The van der Waals surface area contributed by atoms with Crippen LogP contribution in [0.2, 0.25) is 0 Å². The average molecular weight is 306 g/mol. The summed E-state index contributed by atoms with van der Waals surface area (Å²) in [4.78, 5) is 11.3. The Labute approximate surface area is 134 Å². The van der Waals surface area contributed by atoms with Crippen molar-refractivity contribution in [2.75, 3.05) is 11.4 Å². The summed E-state index contributed by atoms with van der Waals surface area (Å²) >= 11 is 0. The molecule has 0 unspecified atom stereocenters.